The van der Waals surface area contributed by atoms with Crippen LogP contribution in [0.3, 0.4) is 0 Å². The first-order valence-electron chi connectivity index (χ1n) is 9.27. The highest BCUT2D eigenvalue weighted by molar-refractivity contribution is 6.00. The number of benzene rings is 1. The number of hydrogen-bond acceptors (Lipinski definition) is 7. The van der Waals surface area contributed by atoms with Crippen LogP contribution >= 0.6 is 0 Å². The molecular weight excluding hydrogens is 348 g/mol. The summed E-state index contributed by atoms with van der Waals surface area (Å²) >= 11 is 0. The second kappa shape index (κ2) is 9.68. The van der Waals surface area contributed by atoms with E-state index in [0.717, 1.165) is 12.8 Å². The van der Waals surface area contributed by atoms with Crippen molar-refractivity contribution >= 4 is 11.7 Å². The van der Waals surface area contributed by atoms with Gasteiger partial charge in [0.05, 0.1) is 18.2 Å². The smallest absolute Gasteiger partial charge is 0.238 e. The first-order chi connectivity index (χ1) is 12.8. The van der Waals surface area contributed by atoms with Gasteiger partial charge in [-0.05, 0) is 58.5 Å². The average molecular weight is 378 g/mol. The van der Waals surface area contributed by atoms with Crippen LogP contribution in [0.5, 0.6) is 11.5 Å². The lowest BCUT2D eigenvalue weighted by atomic mass is 10.0. The fourth-order valence-electron chi connectivity index (χ4n) is 2.87. The van der Waals surface area contributed by atoms with Crippen LogP contribution < -0.4 is 26.3 Å². The minimum absolute atomic E-state index is 0.0656. The van der Waals surface area contributed by atoms with E-state index >= 15 is 0 Å². The number of nitrogens with two attached hydrogens (primary N) is 2. The van der Waals surface area contributed by atoms with Crippen molar-refractivity contribution in [3.05, 3.63) is 23.8 Å². The molecule has 1 aromatic carbocycles. The Balaban J connectivity index is 1.92. The lowest BCUT2D eigenvalue weighted by Gasteiger charge is -2.31. The maximum Gasteiger partial charge on any atom is 0.238 e. The van der Waals surface area contributed by atoms with E-state index in [4.69, 9.17) is 20.9 Å². The van der Waals surface area contributed by atoms with Crippen LogP contribution in [-0.4, -0.2) is 55.2 Å². The van der Waals surface area contributed by atoms with Gasteiger partial charge in [-0.15, -0.1) is 0 Å². The third kappa shape index (κ3) is 5.41. The number of nitrogens with zero attached hydrogens (tertiary/aromatic N) is 1. The highest BCUT2D eigenvalue weighted by Crippen LogP contribution is 2.33. The molecule has 0 saturated carbocycles. The summed E-state index contributed by atoms with van der Waals surface area (Å²) in [6.07, 6.45) is 1.91. The molecule has 1 aliphatic heterocycles. The summed E-state index contributed by atoms with van der Waals surface area (Å²) in [5, 5.41) is 2.87. The first-order valence-corrected chi connectivity index (χ1v) is 9.27. The zero-order valence-corrected chi connectivity index (χ0v) is 16.2. The fraction of sp³-hybridized carbons (Fsp3) is 0.579. The molecule has 1 aromatic rings. The molecule has 8 heteroatoms. The van der Waals surface area contributed by atoms with Crippen LogP contribution in [-0.2, 0) is 4.79 Å². The van der Waals surface area contributed by atoms with Gasteiger partial charge >= 0.3 is 0 Å². The molecule has 1 heterocycles. The van der Waals surface area contributed by atoms with E-state index in [2.05, 4.69) is 5.32 Å². The van der Waals surface area contributed by atoms with Crippen molar-refractivity contribution < 1.29 is 19.1 Å². The highest BCUT2D eigenvalue weighted by Gasteiger charge is 2.26. The van der Waals surface area contributed by atoms with Gasteiger partial charge in [-0.3, -0.25) is 14.5 Å². The van der Waals surface area contributed by atoms with Gasteiger partial charge in [0.25, 0.3) is 0 Å². The zero-order chi connectivity index (χ0) is 20.0. The maximum absolute atomic E-state index is 12.8. The minimum atomic E-state index is -0.577. The van der Waals surface area contributed by atoms with Gasteiger partial charge in [-0.25, -0.2) is 0 Å². The number of ether oxygens (including phenoxy) is 2. The molecule has 1 amide bonds. The summed E-state index contributed by atoms with van der Waals surface area (Å²) in [6, 6.07) is 4.12. The van der Waals surface area contributed by atoms with E-state index in [1.807, 2.05) is 6.92 Å². The number of hydrogen-bond donors (Lipinski definition) is 3. The Kier molecular flexibility index (Phi) is 7.58. The van der Waals surface area contributed by atoms with Crippen molar-refractivity contribution in [1.29, 1.82) is 0 Å². The second-order valence-corrected chi connectivity index (χ2v) is 6.85. The van der Waals surface area contributed by atoms with Crippen molar-refractivity contribution in [2.24, 2.45) is 11.5 Å². The van der Waals surface area contributed by atoms with Gasteiger partial charge in [0.15, 0.2) is 17.3 Å². The lowest BCUT2D eigenvalue weighted by Crippen LogP contribution is -2.53. The Hall–Kier alpha value is -2.16. The van der Waals surface area contributed by atoms with Crippen molar-refractivity contribution in [3.63, 3.8) is 0 Å². The molecule has 0 aromatic heterocycles. The van der Waals surface area contributed by atoms with Crippen LogP contribution in [0.25, 0.3) is 0 Å². The molecule has 3 atom stereocenters. The number of carbonyl (C=O) groups is 2. The quantitative estimate of drug-likeness (QED) is 0.313. The van der Waals surface area contributed by atoms with Gasteiger partial charge in [0.1, 0.15) is 0 Å². The van der Waals surface area contributed by atoms with Gasteiger partial charge in [0, 0.05) is 5.56 Å². The molecule has 150 valence electrons. The number of unbranched alkanes of at least 4 members (excludes halogenated alkanes) is 1. The molecule has 0 radical (unpaired) electrons. The Labute approximate surface area is 160 Å². The van der Waals surface area contributed by atoms with Crippen molar-refractivity contribution in [2.75, 3.05) is 20.4 Å². The Morgan fingerprint density at radius 3 is 2.63 bits per heavy atom. The number of rotatable bonds is 10. The van der Waals surface area contributed by atoms with E-state index in [1.165, 1.54) is 0 Å². The summed E-state index contributed by atoms with van der Waals surface area (Å²) in [4.78, 5) is 26.8. The number of nitrogens with one attached hydrogen (secondary N) is 1. The van der Waals surface area contributed by atoms with Crippen molar-refractivity contribution in [1.82, 2.24) is 10.2 Å². The largest absolute Gasteiger partial charge is 0.454 e. The molecule has 2 rings (SSSR count). The van der Waals surface area contributed by atoms with Crippen LogP contribution in [0.4, 0.5) is 0 Å². The number of likely N-dealkylation sites (N-methyl/N-ethyl adjacent to an activating group) is 1. The van der Waals surface area contributed by atoms with Crippen LogP contribution in [0.1, 0.15) is 43.5 Å². The first kappa shape index (κ1) is 21.1. The fourth-order valence-corrected chi connectivity index (χ4v) is 2.87. The van der Waals surface area contributed by atoms with E-state index in [-0.39, 0.29) is 24.6 Å². The minimum Gasteiger partial charge on any atom is -0.454 e. The lowest BCUT2D eigenvalue weighted by molar-refractivity contribution is -0.124. The Bertz CT molecular complexity index is 667. The Morgan fingerprint density at radius 1 is 1.22 bits per heavy atom. The third-order valence-electron chi connectivity index (χ3n) is 4.92. The molecule has 0 aliphatic carbocycles. The molecular formula is C19H30N4O4. The van der Waals surface area contributed by atoms with Crippen LogP contribution in [0.2, 0.25) is 0 Å². The van der Waals surface area contributed by atoms with Crippen molar-refractivity contribution in [2.45, 2.75) is 51.4 Å². The van der Waals surface area contributed by atoms with Crippen LogP contribution in [0, 0.1) is 0 Å². The van der Waals surface area contributed by atoms with Gasteiger partial charge in [0.2, 0.25) is 12.7 Å². The van der Waals surface area contributed by atoms with E-state index < -0.39 is 12.1 Å². The number of fused-ring (bicyclic) bond motifs is 1. The number of amides is 1. The maximum atomic E-state index is 12.8. The van der Waals surface area contributed by atoms with E-state index in [1.54, 1.807) is 37.1 Å². The van der Waals surface area contributed by atoms with E-state index in [9.17, 15) is 9.59 Å². The molecule has 27 heavy (non-hydrogen) atoms. The third-order valence-corrected chi connectivity index (χ3v) is 4.92. The molecule has 0 bridgehead atoms. The number of carbonyl (C=O) groups excluding carboxylic acids is 2. The highest BCUT2D eigenvalue weighted by atomic mass is 16.7. The molecule has 0 saturated heterocycles. The predicted octanol–water partition coefficient (Wildman–Crippen LogP) is 0.837. The predicted molar refractivity (Wildman–Crippen MR) is 103 cm³/mol. The molecule has 3 unspecified atom stereocenters. The van der Waals surface area contributed by atoms with E-state index in [0.29, 0.717) is 30.0 Å². The topological polar surface area (TPSA) is 120 Å². The molecule has 1 aliphatic rings. The summed E-state index contributed by atoms with van der Waals surface area (Å²) in [6.45, 7) is 4.38. The number of ketones is 1. The standard InChI is InChI=1S/C19H30N4O4/c1-12(18(24)14-7-8-16-17(10-14)27-11-26-16)23(3)13(2)22-19(25)15(21)6-4-5-9-20/h7-8,10,12-13,15H,4-6,9,11,20-21H2,1-3H3,(H,22,25). The average Bonchev–Trinajstić information content (AvgIpc) is 3.13. The molecule has 5 N–H and O–H groups in total. The Morgan fingerprint density at radius 2 is 1.93 bits per heavy atom. The van der Waals surface area contributed by atoms with Gasteiger partial charge < -0.3 is 26.3 Å². The summed E-state index contributed by atoms with van der Waals surface area (Å²) in [5.74, 6) is 0.913. The molecule has 8 nitrogen and oxygen atoms in total. The van der Waals surface area contributed by atoms with Crippen molar-refractivity contribution in [3.8, 4) is 11.5 Å². The molecule has 0 spiro atoms. The molecule has 0 fully saturated rings. The second-order valence-electron chi connectivity index (χ2n) is 6.85. The van der Waals surface area contributed by atoms with Crippen LogP contribution in [0.15, 0.2) is 18.2 Å². The van der Waals surface area contributed by atoms with Gasteiger partial charge in [-0.1, -0.05) is 6.42 Å². The SMILES string of the molecule is CC(NC(=O)C(N)CCCCN)N(C)C(C)C(=O)c1ccc2c(c1)OCO2. The summed E-state index contributed by atoms with van der Waals surface area (Å²) in [5.41, 5.74) is 11.9. The monoisotopic (exact) mass is 378 g/mol. The van der Waals surface area contributed by atoms with Gasteiger partial charge in [-0.2, -0.15) is 0 Å². The normalized spacial score (nSPS) is 16.1. The number of Topliss-reactive ketones (excluding diaryl/α,β-unsaturated/α-hetero) is 1. The zero-order valence-electron chi connectivity index (χ0n) is 16.2. The summed E-state index contributed by atoms with van der Waals surface area (Å²) < 4.78 is 10.6. The summed E-state index contributed by atoms with van der Waals surface area (Å²) in [7, 11) is 1.79.